The van der Waals surface area contributed by atoms with Crippen LogP contribution in [0.5, 0.6) is 0 Å². The molecule has 0 aliphatic carbocycles. The molecule has 2 heterocycles. The van der Waals surface area contributed by atoms with Gasteiger partial charge in [0.2, 0.25) is 0 Å². The third-order valence-electron chi connectivity index (χ3n) is 5.75. The summed E-state index contributed by atoms with van der Waals surface area (Å²) in [7, 11) is 0. The van der Waals surface area contributed by atoms with Crippen molar-refractivity contribution in [2.75, 3.05) is 31.1 Å². The van der Waals surface area contributed by atoms with Gasteiger partial charge in [0, 0.05) is 37.8 Å². The van der Waals surface area contributed by atoms with Crippen LogP contribution in [0.2, 0.25) is 0 Å². The maximum Gasteiger partial charge on any atom is 0.293 e. The van der Waals surface area contributed by atoms with Gasteiger partial charge in [-0.2, -0.15) is 0 Å². The van der Waals surface area contributed by atoms with E-state index in [1.54, 1.807) is 18.2 Å². The molecular weight excluding hydrogens is 456 g/mol. The van der Waals surface area contributed by atoms with E-state index in [-0.39, 0.29) is 24.3 Å². The van der Waals surface area contributed by atoms with E-state index in [1.807, 2.05) is 36.1 Å². The first-order valence-electron chi connectivity index (χ1n) is 11.0. The summed E-state index contributed by atoms with van der Waals surface area (Å²) in [5.74, 6) is -0.909. The molecule has 0 spiro atoms. The van der Waals surface area contributed by atoms with Gasteiger partial charge in [0.25, 0.3) is 22.7 Å². The van der Waals surface area contributed by atoms with Gasteiger partial charge in [-0.1, -0.05) is 29.8 Å². The van der Waals surface area contributed by atoms with Crippen LogP contribution in [0, 0.1) is 17.0 Å². The minimum atomic E-state index is -0.502. The lowest BCUT2D eigenvalue weighted by Crippen LogP contribution is -2.37. The Morgan fingerprint density at radius 3 is 2.53 bits per heavy atom. The summed E-state index contributed by atoms with van der Waals surface area (Å²) < 4.78 is 0. The molecule has 2 aliphatic rings. The minimum Gasteiger partial charge on any atom is -0.366 e. The van der Waals surface area contributed by atoms with Crippen molar-refractivity contribution in [2.24, 2.45) is 0 Å². The molecule has 176 valence electrons. The average molecular weight is 481 g/mol. The molecule has 2 aromatic carbocycles. The van der Waals surface area contributed by atoms with E-state index in [0.717, 1.165) is 53.7 Å². The number of hydrogen-bond donors (Lipinski definition) is 1. The summed E-state index contributed by atoms with van der Waals surface area (Å²) in [4.78, 5) is 51.9. The van der Waals surface area contributed by atoms with Crippen LogP contribution < -0.4 is 10.2 Å². The molecule has 1 N–H and O–H groups in total. The zero-order valence-electron chi connectivity index (χ0n) is 18.7. The Kier molecular flexibility index (Phi) is 6.97. The van der Waals surface area contributed by atoms with Crippen molar-refractivity contribution in [1.82, 2.24) is 10.2 Å². The van der Waals surface area contributed by atoms with Crippen LogP contribution in [-0.4, -0.2) is 53.1 Å². The fraction of sp³-hybridized carbons (Fsp3) is 0.292. The summed E-state index contributed by atoms with van der Waals surface area (Å²) >= 11 is 0.861. The van der Waals surface area contributed by atoms with Crippen LogP contribution in [0.15, 0.2) is 47.4 Å². The van der Waals surface area contributed by atoms with Crippen LogP contribution in [0.25, 0.3) is 6.08 Å². The molecule has 3 amide bonds. The Labute approximate surface area is 200 Å². The van der Waals surface area contributed by atoms with Gasteiger partial charge in [0.05, 0.1) is 9.83 Å². The van der Waals surface area contributed by atoms with E-state index in [1.165, 1.54) is 6.07 Å². The summed E-state index contributed by atoms with van der Waals surface area (Å²) in [6, 6.07) is 12.0. The van der Waals surface area contributed by atoms with Crippen LogP contribution in [0.1, 0.15) is 34.3 Å². The van der Waals surface area contributed by atoms with Gasteiger partial charge in [0.1, 0.15) is 5.69 Å². The highest BCUT2D eigenvalue weighted by atomic mass is 32.2. The zero-order chi connectivity index (χ0) is 24.2. The number of nitrogens with one attached hydrogen (secondary N) is 1. The normalized spacial score (nSPS) is 17.0. The molecule has 0 radical (unpaired) electrons. The van der Waals surface area contributed by atoms with Crippen molar-refractivity contribution in [3.8, 4) is 0 Å². The average Bonchev–Trinajstić information content (AvgIpc) is 3.44. The number of aryl methyl sites for hydroxylation is 1. The lowest BCUT2D eigenvalue weighted by molar-refractivity contribution is -0.384. The molecule has 9 nitrogen and oxygen atoms in total. The number of nitrogens with zero attached hydrogens (tertiary/aromatic N) is 3. The number of thioether (sulfide) groups is 1. The predicted octanol–water partition coefficient (Wildman–Crippen LogP) is 3.97. The second-order valence-electron chi connectivity index (χ2n) is 8.15. The number of anilines is 1. The van der Waals surface area contributed by atoms with Crippen LogP contribution in [0.3, 0.4) is 0 Å². The van der Waals surface area contributed by atoms with E-state index in [4.69, 9.17) is 0 Å². The monoisotopic (exact) mass is 480 g/mol. The van der Waals surface area contributed by atoms with E-state index in [0.29, 0.717) is 10.6 Å². The largest absolute Gasteiger partial charge is 0.366 e. The molecule has 2 fully saturated rings. The number of hydrogen-bond acceptors (Lipinski definition) is 7. The second kappa shape index (κ2) is 10.1. The van der Waals surface area contributed by atoms with Gasteiger partial charge in [-0.25, -0.2) is 0 Å². The Morgan fingerprint density at radius 1 is 1.15 bits per heavy atom. The van der Waals surface area contributed by atoms with E-state index in [9.17, 15) is 24.5 Å². The standard InChI is InChI=1S/C24H24N4O5S/c1-16-4-6-17(7-5-16)14-21-23(30)27(24(31)34-21)13-10-25-22(29)18-8-9-19(20(15-18)28(32)33)26-11-2-3-12-26/h4-9,14-15H,2-3,10-13H2,1H3,(H,25,29). The molecule has 0 bridgehead atoms. The fourth-order valence-corrected chi connectivity index (χ4v) is 4.79. The molecule has 2 saturated heterocycles. The molecular formula is C24H24N4O5S. The summed E-state index contributed by atoms with van der Waals surface area (Å²) in [6.45, 7) is 3.52. The zero-order valence-corrected chi connectivity index (χ0v) is 19.5. The molecule has 2 aromatic rings. The number of nitro groups is 1. The molecule has 0 unspecified atom stereocenters. The Hall–Kier alpha value is -3.66. The first-order valence-corrected chi connectivity index (χ1v) is 11.8. The van der Waals surface area contributed by atoms with Crippen molar-refractivity contribution in [3.05, 3.63) is 74.2 Å². The van der Waals surface area contributed by atoms with Crippen molar-refractivity contribution in [2.45, 2.75) is 19.8 Å². The van der Waals surface area contributed by atoms with Crippen molar-refractivity contribution in [3.63, 3.8) is 0 Å². The smallest absolute Gasteiger partial charge is 0.293 e. The van der Waals surface area contributed by atoms with Gasteiger partial charge in [-0.05, 0) is 55.3 Å². The van der Waals surface area contributed by atoms with Crippen LogP contribution in [-0.2, 0) is 4.79 Å². The van der Waals surface area contributed by atoms with Crippen LogP contribution >= 0.6 is 11.8 Å². The van der Waals surface area contributed by atoms with Gasteiger partial charge >= 0.3 is 0 Å². The highest BCUT2D eigenvalue weighted by molar-refractivity contribution is 8.18. The number of amides is 3. The number of imide groups is 1. The summed E-state index contributed by atoms with van der Waals surface area (Å²) in [5.41, 5.74) is 2.47. The minimum absolute atomic E-state index is 0.00952. The highest BCUT2D eigenvalue weighted by Gasteiger charge is 2.34. The van der Waals surface area contributed by atoms with Gasteiger partial charge in [-0.3, -0.25) is 29.4 Å². The Bertz CT molecular complexity index is 1170. The van der Waals surface area contributed by atoms with Crippen molar-refractivity contribution >= 4 is 46.3 Å². The molecule has 0 atom stereocenters. The number of rotatable bonds is 7. The first-order chi connectivity index (χ1) is 16.3. The third kappa shape index (κ3) is 5.12. The Balaban J connectivity index is 1.37. The maximum absolute atomic E-state index is 12.6. The predicted molar refractivity (Wildman–Crippen MR) is 131 cm³/mol. The van der Waals surface area contributed by atoms with Crippen LogP contribution in [0.4, 0.5) is 16.2 Å². The van der Waals surface area contributed by atoms with E-state index < -0.39 is 22.0 Å². The maximum atomic E-state index is 12.6. The summed E-state index contributed by atoms with van der Waals surface area (Å²) in [6.07, 6.45) is 3.63. The molecule has 10 heteroatoms. The lowest BCUT2D eigenvalue weighted by Gasteiger charge is -2.18. The number of benzene rings is 2. The van der Waals surface area contributed by atoms with E-state index >= 15 is 0 Å². The van der Waals surface area contributed by atoms with Gasteiger partial charge in [-0.15, -0.1) is 0 Å². The molecule has 2 aliphatic heterocycles. The molecule has 0 aromatic heterocycles. The summed E-state index contributed by atoms with van der Waals surface area (Å²) in [5, 5.41) is 13.8. The molecule has 4 rings (SSSR count). The third-order valence-corrected chi connectivity index (χ3v) is 6.66. The lowest BCUT2D eigenvalue weighted by atomic mass is 10.1. The number of carbonyl (C=O) groups excluding carboxylic acids is 3. The van der Waals surface area contributed by atoms with Gasteiger partial charge < -0.3 is 10.2 Å². The van der Waals surface area contributed by atoms with Crippen molar-refractivity contribution < 1.29 is 19.3 Å². The fourth-order valence-electron chi connectivity index (χ4n) is 3.93. The Morgan fingerprint density at radius 2 is 1.85 bits per heavy atom. The topological polar surface area (TPSA) is 113 Å². The second-order valence-corrected chi connectivity index (χ2v) is 9.15. The quantitative estimate of drug-likeness (QED) is 0.362. The van der Waals surface area contributed by atoms with Gasteiger partial charge in [0.15, 0.2) is 0 Å². The number of carbonyl (C=O) groups is 3. The SMILES string of the molecule is Cc1ccc(C=C2SC(=O)N(CCNC(=O)c3ccc(N4CCCC4)c([N+](=O)[O-])c3)C2=O)cc1. The first kappa shape index (κ1) is 23.5. The molecule has 34 heavy (non-hydrogen) atoms. The number of nitro benzene ring substituents is 1. The highest BCUT2D eigenvalue weighted by Crippen LogP contribution is 2.33. The van der Waals surface area contributed by atoms with Crippen molar-refractivity contribution in [1.29, 1.82) is 0 Å². The molecule has 0 saturated carbocycles. The van der Waals surface area contributed by atoms with E-state index in [2.05, 4.69) is 5.32 Å².